The lowest BCUT2D eigenvalue weighted by molar-refractivity contribution is -0.00580. The molecule has 3 N–H and O–H groups in total. The van der Waals surface area contributed by atoms with Crippen LogP contribution in [0.5, 0.6) is 0 Å². The third-order valence-electron chi connectivity index (χ3n) is 4.00. The highest BCUT2D eigenvalue weighted by atomic mass is 16.5. The summed E-state index contributed by atoms with van der Waals surface area (Å²) in [5.41, 5.74) is 5.81. The molecule has 0 bridgehead atoms. The normalized spacial score (nSPS) is 17.6. The number of rotatable bonds is 6. The molecule has 112 valence electrons. The molecule has 1 aliphatic rings. The minimum absolute atomic E-state index is 0.299. The van der Waals surface area contributed by atoms with Crippen molar-refractivity contribution in [2.75, 3.05) is 13.7 Å². The van der Waals surface area contributed by atoms with Crippen LogP contribution in [-0.2, 0) is 15.0 Å². The number of esters is 1. The van der Waals surface area contributed by atoms with Gasteiger partial charge in [-0.05, 0) is 33.1 Å². The second-order valence-electron chi connectivity index (χ2n) is 6.00. The summed E-state index contributed by atoms with van der Waals surface area (Å²) in [7, 11) is 1.64. The van der Waals surface area contributed by atoms with Gasteiger partial charge in [0.2, 0.25) is 0 Å². The molecule has 0 amide bonds. The maximum Gasteiger partial charge on any atom is 0.356 e. The average molecular weight is 281 g/mol. The zero-order chi connectivity index (χ0) is 14.8. The Morgan fingerprint density at radius 2 is 2.25 bits per heavy atom. The number of aromatic nitrogens is 2. The first-order valence-electron chi connectivity index (χ1n) is 6.93. The second-order valence-corrected chi connectivity index (χ2v) is 6.00. The fraction of sp³-hybridized carbons (Fsp3) is 0.714. The number of ether oxygens (including phenoxy) is 2. The first kappa shape index (κ1) is 15.0. The number of nitrogens with two attached hydrogens (primary N) is 1. The Morgan fingerprint density at radius 1 is 1.55 bits per heavy atom. The van der Waals surface area contributed by atoms with Crippen LogP contribution in [-0.4, -0.2) is 35.3 Å². The van der Waals surface area contributed by atoms with Gasteiger partial charge in [-0.1, -0.05) is 0 Å². The monoisotopic (exact) mass is 281 g/mol. The quantitative estimate of drug-likeness (QED) is 0.775. The van der Waals surface area contributed by atoms with Gasteiger partial charge in [-0.25, -0.2) is 9.78 Å². The molecule has 0 spiro atoms. The van der Waals surface area contributed by atoms with Crippen molar-refractivity contribution in [2.24, 2.45) is 5.73 Å². The molecule has 0 saturated heterocycles. The molecule has 1 fully saturated rings. The van der Waals surface area contributed by atoms with E-state index in [0.29, 0.717) is 24.5 Å². The van der Waals surface area contributed by atoms with Crippen molar-refractivity contribution in [1.29, 1.82) is 0 Å². The molecule has 6 nitrogen and oxygen atoms in total. The van der Waals surface area contributed by atoms with Crippen LogP contribution in [0.1, 0.15) is 55.8 Å². The van der Waals surface area contributed by atoms with Gasteiger partial charge in [0, 0.05) is 13.5 Å². The zero-order valence-electron chi connectivity index (χ0n) is 12.4. The van der Waals surface area contributed by atoms with E-state index in [0.717, 1.165) is 19.3 Å². The molecular weight excluding hydrogens is 258 g/mol. The molecule has 1 aromatic rings. The smallest absolute Gasteiger partial charge is 0.356 e. The zero-order valence-corrected chi connectivity index (χ0v) is 12.4. The molecule has 1 saturated carbocycles. The van der Waals surface area contributed by atoms with Gasteiger partial charge in [-0.15, -0.1) is 0 Å². The van der Waals surface area contributed by atoms with Gasteiger partial charge < -0.3 is 20.2 Å². The van der Waals surface area contributed by atoms with Gasteiger partial charge in [-0.2, -0.15) is 0 Å². The number of methoxy groups -OCH3 is 1. The topological polar surface area (TPSA) is 90.2 Å². The lowest BCUT2D eigenvalue weighted by atomic mass is 9.77. The van der Waals surface area contributed by atoms with E-state index in [4.69, 9.17) is 15.2 Å². The van der Waals surface area contributed by atoms with Crippen LogP contribution >= 0.6 is 0 Å². The number of aromatic amines is 1. The average Bonchev–Trinajstić information content (AvgIpc) is 2.85. The van der Waals surface area contributed by atoms with Crippen LogP contribution in [0.3, 0.4) is 0 Å². The Kier molecular flexibility index (Phi) is 4.15. The molecule has 0 atom stereocenters. The number of nitrogens with one attached hydrogen (secondary N) is 1. The SMILES string of the molecule is COC(C)(C)CCOC(=O)c1cnc(C2(N)CCC2)[nH]1. The van der Waals surface area contributed by atoms with Crippen LogP contribution in [0.25, 0.3) is 0 Å². The van der Waals surface area contributed by atoms with Crippen molar-refractivity contribution in [1.82, 2.24) is 9.97 Å². The van der Waals surface area contributed by atoms with Gasteiger partial charge in [0.05, 0.1) is 23.9 Å². The van der Waals surface area contributed by atoms with E-state index in [9.17, 15) is 4.79 Å². The number of hydrogen-bond donors (Lipinski definition) is 2. The minimum atomic E-state index is -0.404. The molecule has 1 aromatic heterocycles. The first-order chi connectivity index (χ1) is 9.36. The Morgan fingerprint density at radius 3 is 2.80 bits per heavy atom. The van der Waals surface area contributed by atoms with E-state index in [2.05, 4.69) is 9.97 Å². The van der Waals surface area contributed by atoms with E-state index >= 15 is 0 Å². The number of hydrogen-bond acceptors (Lipinski definition) is 5. The highest BCUT2D eigenvalue weighted by molar-refractivity contribution is 5.87. The summed E-state index contributed by atoms with van der Waals surface area (Å²) in [4.78, 5) is 19.1. The van der Waals surface area contributed by atoms with Gasteiger partial charge in [0.15, 0.2) is 0 Å². The fourth-order valence-corrected chi connectivity index (χ4v) is 2.04. The summed E-state index contributed by atoms with van der Waals surface area (Å²) in [6, 6.07) is 0. The minimum Gasteiger partial charge on any atom is -0.461 e. The van der Waals surface area contributed by atoms with Crippen molar-refractivity contribution in [3.63, 3.8) is 0 Å². The molecule has 1 heterocycles. The maximum absolute atomic E-state index is 11.9. The third kappa shape index (κ3) is 3.19. The molecule has 20 heavy (non-hydrogen) atoms. The van der Waals surface area contributed by atoms with Gasteiger partial charge >= 0.3 is 5.97 Å². The molecule has 1 aliphatic carbocycles. The predicted molar refractivity (Wildman–Crippen MR) is 74.3 cm³/mol. The Labute approximate surface area is 119 Å². The van der Waals surface area contributed by atoms with Crippen LogP contribution in [0.4, 0.5) is 0 Å². The van der Waals surface area contributed by atoms with E-state index < -0.39 is 11.5 Å². The standard InChI is InChI=1S/C14H23N3O3/c1-13(2,19-3)7-8-20-11(18)10-9-16-12(17-10)14(15)5-4-6-14/h9H,4-8,15H2,1-3H3,(H,16,17). The van der Waals surface area contributed by atoms with Crippen molar-refractivity contribution >= 4 is 5.97 Å². The highest BCUT2D eigenvalue weighted by Crippen LogP contribution is 2.36. The molecule has 0 aliphatic heterocycles. The number of carbonyl (C=O) groups excluding carboxylic acids is 1. The van der Waals surface area contributed by atoms with Crippen molar-refractivity contribution < 1.29 is 14.3 Å². The Bertz CT molecular complexity index is 478. The van der Waals surface area contributed by atoms with Gasteiger partial charge in [-0.3, -0.25) is 0 Å². The summed E-state index contributed by atoms with van der Waals surface area (Å²) < 4.78 is 10.5. The second kappa shape index (κ2) is 5.54. The van der Waals surface area contributed by atoms with Crippen LogP contribution < -0.4 is 5.73 Å². The maximum atomic E-state index is 11.9. The van der Waals surface area contributed by atoms with Crippen molar-refractivity contribution in [3.05, 3.63) is 17.7 Å². The summed E-state index contributed by atoms with van der Waals surface area (Å²) >= 11 is 0. The van der Waals surface area contributed by atoms with Crippen LogP contribution in [0.2, 0.25) is 0 Å². The lowest BCUT2D eigenvalue weighted by Crippen LogP contribution is -2.44. The lowest BCUT2D eigenvalue weighted by Gasteiger charge is -2.35. The van der Waals surface area contributed by atoms with E-state index in [1.54, 1.807) is 7.11 Å². The number of nitrogens with zero attached hydrogens (tertiary/aromatic N) is 1. The fourth-order valence-electron chi connectivity index (χ4n) is 2.04. The van der Waals surface area contributed by atoms with Crippen LogP contribution in [0.15, 0.2) is 6.20 Å². The predicted octanol–water partition coefficient (Wildman–Crippen LogP) is 1.72. The van der Waals surface area contributed by atoms with E-state index in [1.165, 1.54) is 6.20 Å². The first-order valence-corrected chi connectivity index (χ1v) is 6.93. The summed E-state index contributed by atoms with van der Waals surface area (Å²) in [5.74, 6) is 0.270. The Hall–Kier alpha value is -1.40. The Balaban J connectivity index is 1.87. The summed E-state index contributed by atoms with van der Waals surface area (Å²) in [6.45, 7) is 4.20. The van der Waals surface area contributed by atoms with Crippen molar-refractivity contribution in [3.8, 4) is 0 Å². The number of H-pyrrole nitrogens is 1. The molecule has 2 rings (SSSR count). The molecule has 0 unspecified atom stereocenters. The molecule has 6 heteroatoms. The van der Waals surface area contributed by atoms with Crippen LogP contribution in [0, 0.1) is 0 Å². The number of carbonyl (C=O) groups is 1. The third-order valence-corrected chi connectivity index (χ3v) is 4.00. The highest BCUT2D eigenvalue weighted by Gasteiger charge is 2.37. The largest absolute Gasteiger partial charge is 0.461 e. The van der Waals surface area contributed by atoms with E-state index in [1.807, 2.05) is 13.8 Å². The summed E-state index contributed by atoms with van der Waals surface area (Å²) in [5, 5.41) is 0. The molecule has 0 aromatic carbocycles. The molecule has 0 radical (unpaired) electrons. The van der Waals surface area contributed by atoms with E-state index in [-0.39, 0.29) is 5.60 Å². The van der Waals surface area contributed by atoms with Gasteiger partial charge in [0.1, 0.15) is 11.5 Å². The van der Waals surface area contributed by atoms with Crippen molar-refractivity contribution in [2.45, 2.75) is 50.7 Å². The van der Waals surface area contributed by atoms with Gasteiger partial charge in [0.25, 0.3) is 0 Å². The molecular formula is C14H23N3O3. The number of imidazole rings is 1. The summed E-state index contributed by atoms with van der Waals surface area (Å²) in [6.07, 6.45) is 5.03.